The molecule has 1 aromatic rings. The largest absolute Gasteiger partial charge is 0.497 e. The van der Waals surface area contributed by atoms with E-state index in [1.165, 1.54) is 0 Å². The first kappa shape index (κ1) is 26.1. The van der Waals surface area contributed by atoms with Crippen molar-refractivity contribution in [1.29, 1.82) is 0 Å². The smallest absolute Gasteiger partial charge is 0.460 e. The number of rotatable bonds is 8. The van der Waals surface area contributed by atoms with Crippen LogP contribution in [0.1, 0.15) is 18.1 Å². The number of benzene rings is 1. The molecule has 0 amide bonds. The predicted molar refractivity (Wildman–Crippen MR) is 73.4 cm³/mol. The van der Waals surface area contributed by atoms with E-state index in [0.29, 0.717) is 0 Å². The van der Waals surface area contributed by atoms with E-state index in [1.54, 1.807) is 0 Å². The average molecular weight is 470 g/mol. The van der Waals surface area contributed by atoms with Crippen molar-refractivity contribution in [3.8, 4) is 5.75 Å². The Morgan fingerprint density at radius 3 is 1.47 bits per heavy atom. The maximum atomic E-state index is 13.7. The van der Waals surface area contributed by atoms with Crippen LogP contribution in [0, 0.1) is 0 Å². The van der Waals surface area contributed by atoms with Crippen LogP contribution < -0.4 is 4.74 Å². The molecule has 0 saturated carbocycles. The molecular formula is C15H11F13O2. The molecule has 0 aliphatic rings. The van der Waals surface area contributed by atoms with Crippen molar-refractivity contribution in [2.24, 2.45) is 0 Å². The summed E-state index contributed by atoms with van der Waals surface area (Å²) in [6, 6.07) is 3.59. The van der Waals surface area contributed by atoms with Crippen LogP contribution in [0.5, 0.6) is 5.75 Å². The van der Waals surface area contributed by atoms with Gasteiger partial charge in [-0.05, 0) is 17.7 Å². The molecule has 0 fully saturated rings. The summed E-state index contributed by atoms with van der Waals surface area (Å²) in [6.07, 6.45) is -12.9. The highest BCUT2D eigenvalue weighted by Gasteiger charge is 2.90. The third-order valence-corrected chi connectivity index (χ3v) is 3.95. The molecule has 1 unspecified atom stereocenters. The minimum Gasteiger partial charge on any atom is -0.497 e. The van der Waals surface area contributed by atoms with E-state index in [2.05, 4.69) is 4.74 Å². The summed E-state index contributed by atoms with van der Waals surface area (Å²) in [4.78, 5) is 0. The van der Waals surface area contributed by atoms with E-state index in [9.17, 15) is 62.2 Å². The molecule has 2 nitrogen and oxygen atoms in total. The zero-order chi connectivity index (χ0) is 24.0. The number of hydrogen-bond acceptors (Lipinski definition) is 2. The van der Waals surface area contributed by atoms with Crippen molar-refractivity contribution in [3.63, 3.8) is 0 Å². The van der Waals surface area contributed by atoms with E-state index in [-0.39, 0.29) is 5.75 Å². The maximum absolute atomic E-state index is 13.7. The molecule has 0 spiro atoms. The first-order chi connectivity index (χ1) is 13.2. The van der Waals surface area contributed by atoms with Gasteiger partial charge in [0.25, 0.3) is 0 Å². The predicted octanol–water partition coefficient (Wildman–Crippen LogP) is 5.86. The van der Waals surface area contributed by atoms with Crippen molar-refractivity contribution < 1.29 is 66.9 Å². The molecule has 0 aliphatic carbocycles. The SMILES string of the molecule is COc1ccc(C(O)CC(F)(F)C(F)(F)C(F)(F)C(F)(F)C(F)(F)C(F)(F)F)cc1. The van der Waals surface area contributed by atoms with Crippen LogP contribution in [-0.4, -0.2) is 48.0 Å². The lowest BCUT2D eigenvalue weighted by Gasteiger charge is -2.40. The fourth-order valence-corrected chi connectivity index (χ4v) is 2.12. The van der Waals surface area contributed by atoms with Crippen LogP contribution in [-0.2, 0) is 0 Å². The molecule has 0 aromatic heterocycles. The molecule has 1 aromatic carbocycles. The van der Waals surface area contributed by atoms with Gasteiger partial charge in [0.1, 0.15) is 5.75 Å². The molecule has 15 heteroatoms. The van der Waals surface area contributed by atoms with Gasteiger partial charge >= 0.3 is 35.8 Å². The first-order valence-corrected chi connectivity index (χ1v) is 7.45. The van der Waals surface area contributed by atoms with Gasteiger partial charge in [0.05, 0.1) is 13.2 Å². The minimum absolute atomic E-state index is 0.0728. The molecule has 1 rings (SSSR count). The second kappa shape index (κ2) is 7.64. The van der Waals surface area contributed by atoms with Gasteiger partial charge in [0, 0.05) is 6.42 Å². The lowest BCUT2D eigenvalue weighted by atomic mass is 9.90. The van der Waals surface area contributed by atoms with Crippen LogP contribution in [0.3, 0.4) is 0 Å². The third kappa shape index (κ3) is 3.99. The fraction of sp³-hybridized carbons (Fsp3) is 0.600. The van der Waals surface area contributed by atoms with Gasteiger partial charge in [0.15, 0.2) is 0 Å². The van der Waals surface area contributed by atoms with Crippen molar-refractivity contribution in [1.82, 2.24) is 0 Å². The summed E-state index contributed by atoms with van der Waals surface area (Å²) < 4.78 is 174. The van der Waals surface area contributed by atoms with Gasteiger partial charge in [-0.3, -0.25) is 0 Å². The number of alkyl halides is 13. The van der Waals surface area contributed by atoms with Crippen LogP contribution in [0.2, 0.25) is 0 Å². The number of ether oxygens (including phenoxy) is 1. The number of hydrogen-bond donors (Lipinski definition) is 1. The lowest BCUT2D eigenvalue weighted by molar-refractivity contribution is -0.440. The third-order valence-electron chi connectivity index (χ3n) is 3.95. The highest BCUT2D eigenvalue weighted by atomic mass is 19.4. The molecule has 1 atom stereocenters. The molecule has 1 N–H and O–H groups in total. The van der Waals surface area contributed by atoms with Crippen molar-refractivity contribution in [2.45, 2.75) is 48.3 Å². The average Bonchev–Trinajstić information content (AvgIpc) is 2.59. The zero-order valence-electron chi connectivity index (χ0n) is 14.4. The highest BCUT2D eigenvalue weighted by Crippen LogP contribution is 2.61. The summed E-state index contributed by atoms with van der Waals surface area (Å²) in [5.41, 5.74) is -0.623. The Bertz CT molecular complexity index is 725. The summed E-state index contributed by atoms with van der Waals surface area (Å²) in [6.45, 7) is 0. The van der Waals surface area contributed by atoms with Crippen LogP contribution >= 0.6 is 0 Å². The summed E-state index contributed by atoms with van der Waals surface area (Å²) in [7, 11) is 1.15. The van der Waals surface area contributed by atoms with E-state index in [4.69, 9.17) is 0 Å². The highest BCUT2D eigenvalue weighted by molar-refractivity contribution is 5.28. The lowest BCUT2D eigenvalue weighted by Crippen LogP contribution is -2.70. The summed E-state index contributed by atoms with van der Waals surface area (Å²) in [5, 5.41) is 9.53. The first-order valence-electron chi connectivity index (χ1n) is 7.45. The Labute approximate surface area is 159 Å². The number of aliphatic hydroxyl groups is 1. The van der Waals surface area contributed by atoms with Gasteiger partial charge in [-0.2, -0.15) is 57.1 Å². The standard InChI is InChI=1S/C15H11F13O2/c1-30-8-4-2-7(3-5-8)9(29)6-10(16,17)11(18,19)12(20,21)13(22,23)14(24,25)15(26,27)28/h2-5,9,29H,6H2,1H3. The Balaban J connectivity index is 3.30. The zero-order valence-corrected chi connectivity index (χ0v) is 14.4. The van der Waals surface area contributed by atoms with Crippen LogP contribution in [0.25, 0.3) is 0 Å². The van der Waals surface area contributed by atoms with Crippen LogP contribution in [0.15, 0.2) is 24.3 Å². The van der Waals surface area contributed by atoms with E-state index in [1.807, 2.05) is 0 Å². The van der Waals surface area contributed by atoms with Gasteiger partial charge in [-0.15, -0.1) is 0 Å². The fourth-order valence-electron chi connectivity index (χ4n) is 2.12. The minimum atomic E-state index is -7.96. The molecule has 174 valence electrons. The van der Waals surface area contributed by atoms with Crippen molar-refractivity contribution in [2.75, 3.05) is 7.11 Å². The monoisotopic (exact) mass is 470 g/mol. The van der Waals surface area contributed by atoms with E-state index < -0.39 is 53.9 Å². The number of halogens is 13. The van der Waals surface area contributed by atoms with E-state index in [0.717, 1.165) is 31.4 Å². The van der Waals surface area contributed by atoms with Gasteiger partial charge in [-0.25, -0.2) is 0 Å². The Hall–Kier alpha value is -1.93. The number of aliphatic hydroxyl groups excluding tert-OH is 1. The maximum Gasteiger partial charge on any atom is 0.460 e. The Morgan fingerprint density at radius 1 is 0.700 bits per heavy atom. The molecule has 0 radical (unpaired) electrons. The molecule has 0 saturated heterocycles. The van der Waals surface area contributed by atoms with Gasteiger partial charge < -0.3 is 9.84 Å². The quantitative estimate of drug-likeness (QED) is 0.483. The normalized spacial score (nSPS) is 15.8. The second-order valence-corrected chi connectivity index (χ2v) is 5.99. The topological polar surface area (TPSA) is 29.5 Å². The van der Waals surface area contributed by atoms with Gasteiger partial charge in [0.2, 0.25) is 0 Å². The summed E-state index contributed by atoms with van der Waals surface area (Å²) >= 11 is 0. The molecular weight excluding hydrogens is 459 g/mol. The van der Waals surface area contributed by atoms with E-state index >= 15 is 0 Å². The second-order valence-electron chi connectivity index (χ2n) is 5.99. The summed E-state index contributed by atoms with van der Waals surface area (Å²) in [5.74, 6) is -37.3. The molecule has 0 heterocycles. The Kier molecular flexibility index (Phi) is 6.65. The van der Waals surface area contributed by atoms with Gasteiger partial charge in [-0.1, -0.05) is 12.1 Å². The van der Waals surface area contributed by atoms with Crippen molar-refractivity contribution in [3.05, 3.63) is 29.8 Å². The van der Waals surface area contributed by atoms with Crippen LogP contribution in [0.4, 0.5) is 57.1 Å². The Morgan fingerprint density at radius 2 is 1.10 bits per heavy atom. The molecule has 0 aliphatic heterocycles. The molecule has 0 bridgehead atoms. The number of methoxy groups -OCH3 is 1. The van der Waals surface area contributed by atoms with Crippen molar-refractivity contribution >= 4 is 0 Å². The molecule has 30 heavy (non-hydrogen) atoms.